The largest absolute Gasteiger partial charge is 0.384 e. The molecule has 0 aromatic heterocycles. The van der Waals surface area contributed by atoms with Gasteiger partial charge < -0.3 is 10.8 Å². The maximum absolute atomic E-state index is 12.0. The van der Waals surface area contributed by atoms with Crippen molar-refractivity contribution in [3.63, 3.8) is 0 Å². The summed E-state index contributed by atoms with van der Waals surface area (Å²) in [6.07, 6.45) is 22.1. The molecule has 0 saturated heterocycles. The minimum absolute atomic E-state index is 0.0890. The number of allylic oxidation sites excluding steroid dienone is 4. The Kier molecular flexibility index (Phi) is 17.8. The Morgan fingerprint density at radius 2 is 1.44 bits per heavy atom. The van der Waals surface area contributed by atoms with Crippen LogP contribution in [0.4, 0.5) is 0 Å². The van der Waals surface area contributed by atoms with E-state index in [2.05, 4.69) is 45.1 Å². The first-order valence-electron chi connectivity index (χ1n) is 11.2. The van der Waals surface area contributed by atoms with E-state index in [1.54, 1.807) is 0 Å². The number of hydrogen-bond acceptors (Lipinski definition) is 3. The maximum Gasteiger partial charge on any atom is 0.162 e. The van der Waals surface area contributed by atoms with Crippen LogP contribution in [-0.2, 0) is 4.79 Å². The number of hydrogen-bond donors (Lipinski definition) is 2. The zero-order chi connectivity index (χ0) is 20.3. The van der Waals surface area contributed by atoms with Gasteiger partial charge in [-0.1, -0.05) is 77.2 Å². The molecule has 1 unspecified atom stereocenters. The van der Waals surface area contributed by atoms with Crippen molar-refractivity contribution in [2.24, 2.45) is 11.7 Å². The Balaban J connectivity index is 3.51. The predicted molar refractivity (Wildman–Crippen MR) is 118 cm³/mol. The fraction of sp³-hybridized carbons (Fsp3) is 0.792. The van der Waals surface area contributed by atoms with E-state index in [0.29, 0.717) is 18.8 Å². The molecule has 3 N–H and O–H groups in total. The monoisotopic (exact) mass is 379 g/mol. The van der Waals surface area contributed by atoms with Gasteiger partial charge in [0, 0.05) is 12.5 Å². The molecule has 27 heavy (non-hydrogen) atoms. The number of unbranched alkanes of at least 4 members (excludes halogenated alkanes) is 8. The van der Waals surface area contributed by atoms with E-state index in [9.17, 15) is 9.90 Å². The lowest BCUT2D eigenvalue weighted by Gasteiger charge is -2.19. The second-order valence-electron chi connectivity index (χ2n) is 8.19. The first kappa shape index (κ1) is 26.1. The molecular weight excluding hydrogens is 334 g/mol. The van der Waals surface area contributed by atoms with Crippen molar-refractivity contribution in [1.29, 1.82) is 0 Å². The van der Waals surface area contributed by atoms with Crippen LogP contribution in [0, 0.1) is 5.92 Å². The van der Waals surface area contributed by atoms with Gasteiger partial charge in [-0.3, -0.25) is 4.79 Å². The van der Waals surface area contributed by atoms with Gasteiger partial charge in [-0.15, -0.1) is 0 Å². The fourth-order valence-corrected chi connectivity index (χ4v) is 3.17. The summed E-state index contributed by atoms with van der Waals surface area (Å²) in [6, 6.07) is -0.421. The highest BCUT2D eigenvalue weighted by Gasteiger charge is 2.22. The molecule has 0 rings (SSSR count). The summed E-state index contributed by atoms with van der Waals surface area (Å²) < 4.78 is 0. The zero-order valence-electron chi connectivity index (χ0n) is 18.2. The summed E-state index contributed by atoms with van der Waals surface area (Å²) in [4.78, 5) is 12.0. The van der Waals surface area contributed by atoms with Crippen molar-refractivity contribution in [2.45, 2.75) is 116 Å². The molecule has 158 valence electrons. The molecule has 0 fully saturated rings. The second kappa shape index (κ2) is 18.4. The molecule has 0 aromatic rings. The van der Waals surface area contributed by atoms with Crippen LogP contribution in [0.2, 0.25) is 0 Å². The highest BCUT2D eigenvalue weighted by atomic mass is 16.3. The van der Waals surface area contributed by atoms with Crippen molar-refractivity contribution in [1.82, 2.24) is 0 Å². The Morgan fingerprint density at radius 1 is 0.889 bits per heavy atom. The number of carbonyl (C=O) groups excluding carboxylic acids is 1. The molecule has 0 aliphatic heterocycles. The Labute approximate surface area is 168 Å². The standard InChI is InChI=1S/C24H45NO2/c1-4-5-6-7-8-9-10-11-12-13-14-15-16-17-18-19-23(26)24(27)22(25)20-21(2)3/h8-9,11-12,21-22,24,27H,4-7,10,13-20,25H2,1-3H3/b9-8-,12-11-/t22-,24?/m0/s1. The van der Waals surface area contributed by atoms with Crippen molar-refractivity contribution >= 4 is 5.78 Å². The van der Waals surface area contributed by atoms with Gasteiger partial charge >= 0.3 is 0 Å². The Hall–Kier alpha value is -0.930. The third-order valence-corrected chi connectivity index (χ3v) is 4.85. The molecule has 0 bridgehead atoms. The number of nitrogens with two attached hydrogens (primary N) is 1. The van der Waals surface area contributed by atoms with E-state index >= 15 is 0 Å². The number of Topliss-reactive ketones (excluding diaryl/α,β-unsaturated/α-hetero) is 1. The lowest BCUT2D eigenvalue weighted by Crippen LogP contribution is -2.41. The molecule has 0 radical (unpaired) electrons. The third kappa shape index (κ3) is 16.9. The average molecular weight is 380 g/mol. The van der Waals surface area contributed by atoms with Crippen LogP contribution >= 0.6 is 0 Å². The Morgan fingerprint density at radius 3 is 2.04 bits per heavy atom. The van der Waals surface area contributed by atoms with Crippen LogP contribution in [0.5, 0.6) is 0 Å². The van der Waals surface area contributed by atoms with Crippen LogP contribution < -0.4 is 5.73 Å². The molecule has 3 nitrogen and oxygen atoms in total. The van der Waals surface area contributed by atoms with E-state index in [4.69, 9.17) is 5.73 Å². The summed E-state index contributed by atoms with van der Waals surface area (Å²) in [7, 11) is 0. The van der Waals surface area contributed by atoms with Crippen molar-refractivity contribution in [3.8, 4) is 0 Å². The molecule has 2 atom stereocenters. The number of ketones is 1. The SMILES string of the molecule is CCCCC/C=C\C/C=C\CCCCCCCC(=O)C(O)[C@@H](N)CC(C)C. The number of rotatable bonds is 18. The predicted octanol–water partition coefficient (Wildman–Crippen LogP) is 6.10. The summed E-state index contributed by atoms with van der Waals surface area (Å²) in [5.41, 5.74) is 5.89. The van der Waals surface area contributed by atoms with E-state index < -0.39 is 12.1 Å². The van der Waals surface area contributed by atoms with Crippen LogP contribution in [-0.4, -0.2) is 23.0 Å². The van der Waals surface area contributed by atoms with E-state index in [-0.39, 0.29) is 5.78 Å². The van der Waals surface area contributed by atoms with Gasteiger partial charge in [0.25, 0.3) is 0 Å². The zero-order valence-corrected chi connectivity index (χ0v) is 18.2. The molecule has 0 aliphatic carbocycles. The number of aliphatic hydroxyl groups excluding tert-OH is 1. The van der Waals surface area contributed by atoms with Crippen molar-refractivity contribution in [2.75, 3.05) is 0 Å². The van der Waals surface area contributed by atoms with Crippen LogP contribution in [0.25, 0.3) is 0 Å². The fourth-order valence-electron chi connectivity index (χ4n) is 3.17. The Bertz CT molecular complexity index is 401. The summed E-state index contributed by atoms with van der Waals surface area (Å²) in [6.45, 7) is 6.34. The smallest absolute Gasteiger partial charge is 0.162 e. The van der Waals surface area contributed by atoms with E-state index in [1.807, 2.05) is 0 Å². The number of aliphatic hydroxyl groups is 1. The minimum Gasteiger partial charge on any atom is -0.384 e. The summed E-state index contributed by atoms with van der Waals surface area (Å²) in [5.74, 6) is 0.312. The molecular formula is C24H45NO2. The first-order chi connectivity index (χ1) is 13.0. The minimum atomic E-state index is -0.988. The summed E-state index contributed by atoms with van der Waals surface area (Å²) >= 11 is 0. The second-order valence-corrected chi connectivity index (χ2v) is 8.19. The van der Waals surface area contributed by atoms with Gasteiger partial charge in [-0.05, 0) is 50.9 Å². The van der Waals surface area contributed by atoms with Gasteiger partial charge in [-0.2, -0.15) is 0 Å². The van der Waals surface area contributed by atoms with Gasteiger partial charge in [0.1, 0.15) is 6.10 Å². The van der Waals surface area contributed by atoms with E-state index in [1.165, 1.54) is 38.5 Å². The molecule has 0 aliphatic rings. The molecule has 3 heteroatoms. The van der Waals surface area contributed by atoms with Gasteiger partial charge in [-0.25, -0.2) is 0 Å². The first-order valence-corrected chi connectivity index (χ1v) is 11.2. The molecule has 0 amide bonds. The molecule has 0 saturated carbocycles. The third-order valence-electron chi connectivity index (χ3n) is 4.85. The van der Waals surface area contributed by atoms with E-state index in [0.717, 1.165) is 32.1 Å². The summed E-state index contributed by atoms with van der Waals surface area (Å²) in [5, 5.41) is 9.96. The lowest BCUT2D eigenvalue weighted by molar-refractivity contribution is -0.128. The topological polar surface area (TPSA) is 63.3 Å². The van der Waals surface area contributed by atoms with Gasteiger partial charge in [0.2, 0.25) is 0 Å². The molecule has 0 spiro atoms. The molecule has 0 aromatic carbocycles. The maximum atomic E-state index is 12.0. The van der Waals surface area contributed by atoms with Crippen molar-refractivity contribution < 1.29 is 9.90 Å². The van der Waals surface area contributed by atoms with Gasteiger partial charge in [0.05, 0.1) is 0 Å². The highest BCUT2D eigenvalue weighted by molar-refractivity contribution is 5.83. The average Bonchev–Trinajstić information content (AvgIpc) is 2.63. The highest BCUT2D eigenvalue weighted by Crippen LogP contribution is 2.12. The van der Waals surface area contributed by atoms with Gasteiger partial charge in [0.15, 0.2) is 5.78 Å². The molecule has 0 heterocycles. The quantitative estimate of drug-likeness (QED) is 0.223. The normalized spacial score (nSPS) is 14.4. The van der Waals surface area contributed by atoms with Crippen LogP contribution in [0.3, 0.4) is 0 Å². The lowest BCUT2D eigenvalue weighted by atomic mass is 9.95. The number of carbonyl (C=O) groups is 1. The van der Waals surface area contributed by atoms with Crippen molar-refractivity contribution in [3.05, 3.63) is 24.3 Å². The van der Waals surface area contributed by atoms with Crippen LogP contribution in [0.1, 0.15) is 104 Å². The van der Waals surface area contributed by atoms with Crippen LogP contribution in [0.15, 0.2) is 24.3 Å².